The molecule has 1 heterocycles. The van der Waals surface area contributed by atoms with Crippen molar-refractivity contribution in [3.63, 3.8) is 0 Å². The zero-order valence-corrected chi connectivity index (χ0v) is 14.8. The standard InChI is InChI=1S/C21H20N4O2/c26-20(16-8-9-16)24-17-10-6-15(7-11-17)12-23-21(27)19-13-22-14-25(19)18-4-2-1-3-5-18/h1-7,10-11,13-14,16H,8-9,12H2,(H,23,27)(H,24,26). The summed E-state index contributed by atoms with van der Waals surface area (Å²) in [7, 11) is 0. The smallest absolute Gasteiger partial charge is 0.270 e. The molecule has 1 aliphatic rings. The van der Waals surface area contributed by atoms with Crippen LogP contribution >= 0.6 is 0 Å². The number of carbonyl (C=O) groups excluding carboxylic acids is 2. The highest BCUT2D eigenvalue weighted by molar-refractivity contribution is 5.94. The maximum absolute atomic E-state index is 12.5. The zero-order valence-electron chi connectivity index (χ0n) is 14.8. The van der Waals surface area contributed by atoms with Crippen molar-refractivity contribution in [2.45, 2.75) is 19.4 Å². The van der Waals surface area contributed by atoms with Crippen LogP contribution in [0.15, 0.2) is 67.1 Å². The summed E-state index contributed by atoms with van der Waals surface area (Å²) in [5, 5.41) is 5.82. The quantitative estimate of drug-likeness (QED) is 0.709. The average Bonchev–Trinajstić information content (AvgIpc) is 3.44. The maximum atomic E-state index is 12.5. The number of aromatic nitrogens is 2. The van der Waals surface area contributed by atoms with Crippen LogP contribution in [-0.2, 0) is 11.3 Å². The van der Waals surface area contributed by atoms with Crippen LogP contribution in [0.1, 0.15) is 28.9 Å². The van der Waals surface area contributed by atoms with E-state index in [1.54, 1.807) is 17.1 Å². The van der Waals surface area contributed by atoms with Gasteiger partial charge in [0.1, 0.15) is 5.69 Å². The molecule has 3 aromatic rings. The molecule has 1 aliphatic carbocycles. The van der Waals surface area contributed by atoms with Gasteiger partial charge in [-0.25, -0.2) is 4.98 Å². The lowest BCUT2D eigenvalue weighted by atomic mass is 10.2. The second kappa shape index (κ2) is 7.45. The van der Waals surface area contributed by atoms with Crippen molar-refractivity contribution in [1.29, 1.82) is 0 Å². The Labute approximate surface area is 157 Å². The molecule has 0 spiro atoms. The second-order valence-electron chi connectivity index (χ2n) is 6.63. The van der Waals surface area contributed by atoms with E-state index in [2.05, 4.69) is 15.6 Å². The highest BCUT2D eigenvalue weighted by Gasteiger charge is 2.29. The van der Waals surface area contributed by atoms with Crippen LogP contribution in [0.5, 0.6) is 0 Å². The van der Waals surface area contributed by atoms with Gasteiger partial charge < -0.3 is 10.6 Å². The summed E-state index contributed by atoms with van der Waals surface area (Å²) >= 11 is 0. The summed E-state index contributed by atoms with van der Waals surface area (Å²) in [5.74, 6) is 0.0751. The van der Waals surface area contributed by atoms with E-state index in [1.165, 1.54) is 0 Å². The molecule has 0 saturated heterocycles. The lowest BCUT2D eigenvalue weighted by molar-refractivity contribution is -0.117. The van der Waals surface area contributed by atoms with Gasteiger partial charge in [0.2, 0.25) is 5.91 Å². The Morgan fingerprint density at radius 1 is 1.04 bits per heavy atom. The summed E-state index contributed by atoms with van der Waals surface area (Å²) in [4.78, 5) is 28.4. The lowest BCUT2D eigenvalue weighted by Gasteiger charge is -2.10. The number of nitrogens with one attached hydrogen (secondary N) is 2. The molecule has 6 heteroatoms. The van der Waals surface area contributed by atoms with E-state index in [0.717, 1.165) is 29.8 Å². The van der Waals surface area contributed by atoms with Crippen LogP contribution in [0.2, 0.25) is 0 Å². The summed E-state index contributed by atoms with van der Waals surface area (Å²) in [6, 6.07) is 17.1. The number of benzene rings is 2. The third-order valence-electron chi connectivity index (χ3n) is 4.53. The van der Waals surface area contributed by atoms with Crippen LogP contribution in [0.3, 0.4) is 0 Å². The van der Waals surface area contributed by atoms with E-state index >= 15 is 0 Å². The Kier molecular flexibility index (Phi) is 4.70. The number of nitrogens with zero attached hydrogens (tertiary/aromatic N) is 2. The van der Waals surface area contributed by atoms with E-state index in [0.29, 0.717) is 12.2 Å². The number of carbonyl (C=O) groups is 2. The number of imidazole rings is 1. The molecular formula is C21H20N4O2. The summed E-state index contributed by atoms with van der Waals surface area (Å²) in [6.45, 7) is 0.398. The molecule has 2 N–H and O–H groups in total. The average molecular weight is 360 g/mol. The number of para-hydroxylation sites is 1. The fraction of sp³-hybridized carbons (Fsp3) is 0.190. The first-order valence-corrected chi connectivity index (χ1v) is 8.96. The third-order valence-corrected chi connectivity index (χ3v) is 4.53. The Morgan fingerprint density at radius 2 is 1.78 bits per heavy atom. The van der Waals surface area contributed by atoms with Gasteiger partial charge in [0, 0.05) is 23.8 Å². The van der Waals surface area contributed by atoms with Gasteiger partial charge >= 0.3 is 0 Å². The Bertz CT molecular complexity index is 944. The van der Waals surface area contributed by atoms with Crippen molar-refractivity contribution in [3.8, 4) is 5.69 Å². The fourth-order valence-electron chi connectivity index (χ4n) is 2.83. The maximum Gasteiger partial charge on any atom is 0.270 e. The highest BCUT2D eigenvalue weighted by Crippen LogP contribution is 2.30. The molecule has 0 atom stereocenters. The third kappa shape index (κ3) is 4.06. The first-order valence-electron chi connectivity index (χ1n) is 8.96. The van der Waals surface area contributed by atoms with Gasteiger partial charge in [-0.3, -0.25) is 14.2 Å². The Hall–Kier alpha value is -3.41. The molecule has 0 bridgehead atoms. The SMILES string of the molecule is O=C(NCc1ccc(NC(=O)C2CC2)cc1)c1cncn1-c1ccccc1. The predicted octanol–water partition coefficient (Wildman–Crippen LogP) is 3.15. The van der Waals surface area contributed by atoms with Gasteiger partial charge in [-0.2, -0.15) is 0 Å². The monoisotopic (exact) mass is 360 g/mol. The normalized spacial score (nSPS) is 13.2. The largest absolute Gasteiger partial charge is 0.347 e. The van der Waals surface area contributed by atoms with E-state index in [1.807, 2.05) is 54.6 Å². The molecule has 0 aliphatic heterocycles. The Morgan fingerprint density at radius 3 is 2.48 bits per heavy atom. The molecule has 1 aromatic heterocycles. The van der Waals surface area contributed by atoms with Gasteiger partial charge in [-0.05, 0) is 42.7 Å². The van der Waals surface area contributed by atoms with Crippen molar-refractivity contribution in [2.24, 2.45) is 5.92 Å². The van der Waals surface area contributed by atoms with Crippen LogP contribution in [0.4, 0.5) is 5.69 Å². The molecule has 1 saturated carbocycles. The van der Waals surface area contributed by atoms with Crippen LogP contribution < -0.4 is 10.6 Å². The van der Waals surface area contributed by atoms with Crippen LogP contribution in [-0.4, -0.2) is 21.4 Å². The van der Waals surface area contributed by atoms with Gasteiger partial charge in [-0.15, -0.1) is 0 Å². The molecule has 136 valence electrons. The lowest BCUT2D eigenvalue weighted by Crippen LogP contribution is -2.25. The van der Waals surface area contributed by atoms with Gasteiger partial charge in [0.05, 0.1) is 12.5 Å². The van der Waals surface area contributed by atoms with Crippen molar-refractivity contribution in [3.05, 3.63) is 78.4 Å². The van der Waals surface area contributed by atoms with Crippen LogP contribution in [0, 0.1) is 5.92 Å². The predicted molar refractivity (Wildman–Crippen MR) is 103 cm³/mol. The molecule has 27 heavy (non-hydrogen) atoms. The Balaban J connectivity index is 1.37. The minimum Gasteiger partial charge on any atom is -0.347 e. The summed E-state index contributed by atoms with van der Waals surface area (Å²) in [5.41, 5.74) is 3.10. The van der Waals surface area contributed by atoms with Crippen LogP contribution in [0.25, 0.3) is 5.69 Å². The first-order chi connectivity index (χ1) is 13.2. The molecule has 0 radical (unpaired) electrons. The number of anilines is 1. The second-order valence-corrected chi connectivity index (χ2v) is 6.63. The van der Waals surface area contributed by atoms with Crippen molar-refractivity contribution < 1.29 is 9.59 Å². The van der Waals surface area contributed by atoms with Crippen molar-refractivity contribution >= 4 is 17.5 Å². The topological polar surface area (TPSA) is 76.0 Å². The number of hydrogen-bond acceptors (Lipinski definition) is 3. The minimum absolute atomic E-state index is 0.0882. The van der Waals surface area contributed by atoms with Gasteiger partial charge in [-0.1, -0.05) is 30.3 Å². The molecule has 0 unspecified atom stereocenters. The van der Waals surface area contributed by atoms with Crippen molar-refractivity contribution in [1.82, 2.24) is 14.9 Å². The van der Waals surface area contributed by atoms with E-state index in [-0.39, 0.29) is 17.7 Å². The molecule has 6 nitrogen and oxygen atoms in total. The van der Waals surface area contributed by atoms with Gasteiger partial charge in [0.25, 0.3) is 5.91 Å². The minimum atomic E-state index is -0.192. The summed E-state index contributed by atoms with van der Waals surface area (Å²) in [6.07, 6.45) is 5.14. The highest BCUT2D eigenvalue weighted by atomic mass is 16.2. The molecular weight excluding hydrogens is 340 g/mol. The zero-order chi connectivity index (χ0) is 18.6. The number of hydrogen-bond donors (Lipinski definition) is 2. The molecule has 2 aromatic carbocycles. The number of amides is 2. The van der Waals surface area contributed by atoms with E-state index < -0.39 is 0 Å². The van der Waals surface area contributed by atoms with Crippen molar-refractivity contribution in [2.75, 3.05) is 5.32 Å². The summed E-state index contributed by atoms with van der Waals surface area (Å²) < 4.78 is 1.76. The molecule has 4 rings (SSSR count). The number of rotatable bonds is 6. The van der Waals surface area contributed by atoms with Gasteiger partial charge in [0.15, 0.2) is 0 Å². The van der Waals surface area contributed by atoms with E-state index in [4.69, 9.17) is 0 Å². The molecule has 2 amide bonds. The molecule has 1 fully saturated rings. The fourth-order valence-corrected chi connectivity index (χ4v) is 2.83. The first kappa shape index (κ1) is 17.0. The van der Waals surface area contributed by atoms with E-state index in [9.17, 15) is 9.59 Å².